The van der Waals surface area contributed by atoms with Crippen LogP contribution >= 0.6 is 0 Å². The smallest absolute Gasteiger partial charge is 0.260 e. The second-order valence-electron chi connectivity index (χ2n) is 41.6. The Morgan fingerprint density at radius 1 is 0.289 bits per heavy atom. The molecule has 30 heteroatoms. The van der Waals surface area contributed by atoms with Crippen molar-refractivity contribution < 1.29 is 109 Å². The summed E-state index contributed by atoms with van der Waals surface area (Å²) in [5.74, 6) is -3.31. The molecule has 0 bridgehead atoms. The summed E-state index contributed by atoms with van der Waals surface area (Å²) in [6.07, 6.45) is 28.8. The number of nitrogens with zero attached hydrogens (tertiary/aromatic N) is 4. The van der Waals surface area contributed by atoms with Crippen LogP contribution in [0.5, 0.6) is 69.0 Å². The molecule has 4 amide bonds. The summed E-state index contributed by atoms with van der Waals surface area (Å²) in [4.78, 5) is 60.0. The molecule has 0 aliphatic carbocycles. The predicted molar refractivity (Wildman–Crippen MR) is 550 cm³/mol. The van der Waals surface area contributed by atoms with Crippen molar-refractivity contribution in [3.05, 3.63) is 213 Å². The molecular formula is C112H136N8O22. The Labute approximate surface area is 829 Å². The number of hydrogen-bond donors (Lipinski definition) is 16. The van der Waals surface area contributed by atoms with Crippen LogP contribution in [0.2, 0.25) is 0 Å². The molecule has 6 saturated heterocycles. The Morgan fingerprint density at radius 2 is 0.549 bits per heavy atom. The lowest BCUT2D eigenvalue weighted by atomic mass is 9.93. The summed E-state index contributed by atoms with van der Waals surface area (Å²) in [5.41, 5.74) is 11.0. The monoisotopic (exact) mass is 1940 g/mol. The Bertz CT molecular complexity index is 6390. The zero-order chi connectivity index (χ0) is 102. The number of nitrogens with one attached hydrogen (secondary N) is 4. The summed E-state index contributed by atoms with van der Waals surface area (Å²) < 4.78 is 35.5. The summed E-state index contributed by atoms with van der Waals surface area (Å²) in [6, 6.07) is 29.3. The number of phenolic OH excluding ortho intramolecular Hbond substituents is 12. The summed E-state index contributed by atoms with van der Waals surface area (Å²) in [7, 11) is 0. The minimum Gasteiger partial charge on any atom is -0.508 e. The lowest BCUT2D eigenvalue weighted by Crippen LogP contribution is -2.35. The first-order chi connectivity index (χ1) is 67.1. The quantitative estimate of drug-likeness (QED) is 0.00806. The molecular weight excluding hydrogens is 1810 g/mol. The molecule has 0 radical (unpaired) electrons. The molecule has 10 atom stereocenters. The van der Waals surface area contributed by atoms with Gasteiger partial charge in [-0.15, -0.1) is 0 Å². The van der Waals surface area contributed by atoms with Crippen molar-refractivity contribution in [2.45, 2.75) is 284 Å². The maximum atomic E-state index is 13.6. The molecule has 10 aliphatic rings. The highest BCUT2D eigenvalue weighted by Crippen LogP contribution is 2.56. The van der Waals surface area contributed by atoms with E-state index in [1.807, 2.05) is 39.8 Å². The maximum absolute atomic E-state index is 13.6. The van der Waals surface area contributed by atoms with Gasteiger partial charge in [0.05, 0.1) is 139 Å². The number of para-hydroxylation sites is 4. The van der Waals surface area contributed by atoms with Gasteiger partial charge >= 0.3 is 0 Å². The Hall–Kier alpha value is -13.4. The summed E-state index contributed by atoms with van der Waals surface area (Å²) in [5, 5.41) is 136. The number of rotatable bonds is 32. The SMILES string of the molecule is C/C(=C\CCC1(C)OC1CN1C(=O)c2cccc(O)c2Nc2c(O)cc(O)cc21)CCC1OC1(C)C.C/C(=C\CN1C(=O)c2cccc(O)c2Nc2c(O)cc(O)cc21)CC/C=C(\C)CCC1OC1(C)C.CC(C)=CCCC1(C)OC1CC/C(C)=C/CN1C(=O)c2cccc(O)c2Nc2c(O)cc(O)cc21.CC(C)=CCCC1(C)OC1CCC1(C)OC1CN1C(=O)c2cccc(O)c2Nc2c(O)cc(O)cc21. The zero-order valence-electron chi connectivity index (χ0n) is 83.9. The van der Waals surface area contributed by atoms with Gasteiger partial charge in [-0.05, 0) is 262 Å². The van der Waals surface area contributed by atoms with Gasteiger partial charge in [-0.1, -0.05) is 94.2 Å². The summed E-state index contributed by atoms with van der Waals surface area (Å²) in [6.45, 7) is 34.7. The van der Waals surface area contributed by atoms with Crippen molar-refractivity contribution >= 4 is 91.9 Å². The highest BCUT2D eigenvalue weighted by atomic mass is 16.6. The van der Waals surface area contributed by atoms with Crippen molar-refractivity contribution in [3.63, 3.8) is 0 Å². The number of anilines is 12. The molecule has 756 valence electrons. The third kappa shape index (κ3) is 23.7. The van der Waals surface area contributed by atoms with Crippen molar-refractivity contribution in [1.29, 1.82) is 0 Å². The molecule has 0 aromatic heterocycles. The Morgan fingerprint density at radius 3 is 0.873 bits per heavy atom. The number of epoxide rings is 6. The van der Waals surface area contributed by atoms with E-state index >= 15 is 0 Å². The van der Waals surface area contributed by atoms with Gasteiger partial charge in [0.2, 0.25) is 0 Å². The molecule has 8 aromatic carbocycles. The van der Waals surface area contributed by atoms with E-state index in [9.17, 15) is 80.5 Å². The van der Waals surface area contributed by atoms with Gasteiger partial charge in [0.25, 0.3) is 23.6 Å². The van der Waals surface area contributed by atoms with Crippen LogP contribution in [0.25, 0.3) is 0 Å². The second kappa shape index (κ2) is 41.3. The van der Waals surface area contributed by atoms with Gasteiger partial charge in [-0.25, -0.2) is 0 Å². The van der Waals surface area contributed by atoms with E-state index in [-0.39, 0.29) is 239 Å². The molecule has 18 rings (SSSR count). The third-order valence-corrected chi connectivity index (χ3v) is 28.8. The minimum atomic E-state index is -0.395. The molecule has 142 heavy (non-hydrogen) atoms. The number of carbonyl (C=O) groups is 4. The van der Waals surface area contributed by atoms with E-state index in [1.54, 1.807) is 48.5 Å². The van der Waals surface area contributed by atoms with Gasteiger partial charge in [0.15, 0.2) is 0 Å². The van der Waals surface area contributed by atoms with Crippen molar-refractivity contribution in [3.8, 4) is 69.0 Å². The molecule has 16 N–H and O–H groups in total. The average Bonchev–Trinajstić information content (AvgIpc) is 1.58. The van der Waals surface area contributed by atoms with Crippen LogP contribution in [-0.2, 0) is 28.4 Å². The van der Waals surface area contributed by atoms with Crippen molar-refractivity contribution in [2.24, 2.45) is 0 Å². The molecule has 10 heterocycles. The van der Waals surface area contributed by atoms with Gasteiger partial charge in [-0.2, -0.15) is 0 Å². The second-order valence-corrected chi connectivity index (χ2v) is 41.6. The van der Waals surface area contributed by atoms with Crippen molar-refractivity contribution in [1.82, 2.24) is 0 Å². The number of hydrogen-bond acceptors (Lipinski definition) is 26. The topological polar surface area (TPSA) is 447 Å². The number of ether oxygens (including phenoxy) is 6. The standard InChI is InChI=1S/2C28H34N2O6.2C28H34N2O5/c1-16(10-11-22-27(2,3)35-22)7-6-12-28(4)23(36-28)15-30-19-13-17(31)14-21(33)25(19)29-24-18(26(30)34)8-5-9-20(24)32;1-16(2)7-6-11-27(3)22(35-27)10-12-28(4)23(36-28)15-30-19-13-17(31)14-21(33)25(19)29-24-18(26(30)34)8-5-9-20(24)32;1-17(2)7-6-13-28(4)24(35-28)11-10-18(3)12-14-30-21-15-19(31)16-23(33)26(21)29-25-20(27(30)34)8-5-9-22(25)32;1-17(11-12-24-28(3,4)35-24)7-5-8-18(2)13-14-30-21-15-19(31)16-23(33)26(21)29-25-20(27(30)34)9-6-10-22(25)32/h2*5,7-9,13-14,22-23,29,31-33H,6,10-12,15H2,1-4H3;5,7-9,12,15-16,24,29,31-33H,6,10-11,13-14H2,1-4H3;6-7,9-10,13,15-16,24,29,31-33H,5,8,11-12,14H2,1-4H3/b16-7+;;18-12+;17-7+,18-13+. The summed E-state index contributed by atoms with van der Waals surface area (Å²) >= 11 is 0. The van der Waals surface area contributed by atoms with E-state index in [4.69, 9.17) is 28.4 Å². The fourth-order valence-electron chi connectivity index (χ4n) is 19.3. The van der Waals surface area contributed by atoms with E-state index in [1.165, 1.54) is 115 Å². The van der Waals surface area contributed by atoms with Crippen LogP contribution in [0.15, 0.2) is 191 Å². The number of allylic oxidation sites excluding steroid dienone is 10. The third-order valence-electron chi connectivity index (χ3n) is 28.8. The molecule has 10 unspecified atom stereocenters. The van der Waals surface area contributed by atoms with Crippen LogP contribution < -0.4 is 40.9 Å². The number of phenols is 12. The van der Waals surface area contributed by atoms with E-state index < -0.39 is 5.60 Å². The van der Waals surface area contributed by atoms with Crippen LogP contribution in [0.1, 0.15) is 255 Å². The predicted octanol–water partition coefficient (Wildman–Crippen LogP) is 23.0. The number of carbonyl (C=O) groups excluding carboxylic acids is 4. The average molecular weight is 1950 g/mol. The highest BCUT2D eigenvalue weighted by Gasteiger charge is 2.59. The molecule has 0 spiro atoms. The van der Waals surface area contributed by atoms with Crippen LogP contribution in [0.4, 0.5) is 68.2 Å². The highest BCUT2D eigenvalue weighted by molar-refractivity contribution is 6.18. The molecule has 0 saturated carbocycles. The lowest BCUT2D eigenvalue weighted by molar-refractivity contribution is 0.0978. The first-order valence-electron chi connectivity index (χ1n) is 49.0. The normalized spacial score (nSPS) is 23.6. The molecule has 10 aliphatic heterocycles. The Kier molecular flexibility index (Phi) is 30.0. The number of amides is 4. The van der Waals surface area contributed by atoms with Gasteiger partial charge in [0, 0.05) is 61.6 Å². The van der Waals surface area contributed by atoms with E-state index in [0.717, 1.165) is 114 Å². The minimum absolute atomic E-state index is 0.0224. The zero-order valence-corrected chi connectivity index (χ0v) is 83.9. The number of fused-ring (bicyclic) bond motifs is 8. The first-order valence-corrected chi connectivity index (χ1v) is 49.0. The molecule has 6 fully saturated rings. The molecule has 30 nitrogen and oxygen atoms in total. The maximum Gasteiger partial charge on any atom is 0.260 e. The lowest BCUT2D eigenvalue weighted by Gasteiger charge is -2.23. The van der Waals surface area contributed by atoms with Gasteiger partial charge in [0.1, 0.15) is 104 Å². The van der Waals surface area contributed by atoms with E-state index in [0.29, 0.717) is 35.0 Å². The number of aromatic hydroxyl groups is 12. The van der Waals surface area contributed by atoms with Crippen LogP contribution in [0.3, 0.4) is 0 Å². The van der Waals surface area contributed by atoms with Crippen LogP contribution in [-0.4, -0.2) is 181 Å². The number of benzene rings is 8. The van der Waals surface area contributed by atoms with Gasteiger partial charge < -0.3 is 131 Å². The fraction of sp³-hybridized carbons (Fsp3) is 0.429. The van der Waals surface area contributed by atoms with Gasteiger partial charge in [-0.3, -0.25) is 19.2 Å². The van der Waals surface area contributed by atoms with E-state index in [2.05, 4.69) is 129 Å². The largest absolute Gasteiger partial charge is 0.508 e. The Balaban J connectivity index is 0.000000143. The van der Waals surface area contributed by atoms with Crippen LogP contribution in [0, 0.1) is 0 Å². The first kappa shape index (κ1) is 103. The molecule has 8 aromatic rings. The van der Waals surface area contributed by atoms with Crippen molar-refractivity contribution in [2.75, 3.05) is 67.0 Å². The fourth-order valence-corrected chi connectivity index (χ4v) is 19.3.